The highest BCUT2D eigenvalue weighted by Crippen LogP contribution is 2.17. The summed E-state index contributed by atoms with van der Waals surface area (Å²) >= 11 is 11.0. The second-order valence-corrected chi connectivity index (χ2v) is 6.03. The van der Waals surface area contributed by atoms with Crippen molar-refractivity contribution < 1.29 is 14.3 Å². The van der Waals surface area contributed by atoms with E-state index in [9.17, 15) is 9.59 Å². The number of benzene rings is 1. The van der Waals surface area contributed by atoms with Crippen LogP contribution >= 0.6 is 50.1 Å². The van der Waals surface area contributed by atoms with Gasteiger partial charge < -0.3 is 10.1 Å². The topological polar surface area (TPSA) is 55.4 Å². The van der Waals surface area contributed by atoms with Crippen LogP contribution in [-0.2, 0) is 9.53 Å². The first-order valence-electron chi connectivity index (χ1n) is 4.91. The van der Waals surface area contributed by atoms with Crippen LogP contribution in [0.3, 0.4) is 0 Å². The molecule has 0 spiro atoms. The smallest absolute Gasteiger partial charge is 0.321 e. The number of amides is 1. The van der Waals surface area contributed by atoms with E-state index in [2.05, 4.69) is 26.0 Å². The number of hydrogen-bond donors (Lipinski definition) is 1. The lowest BCUT2D eigenvalue weighted by atomic mass is 10.2. The maximum Gasteiger partial charge on any atom is 0.321 e. The molecule has 0 aromatic heterocycles. The maximum absolute atomic E-state index is 11.9. The van der Waals surface area contributed by atoms with Gasteiger partial charge in [0.1, 0.15) is 4.83 Å². The molecule has 98 valence electrons. The zero-order chi connectivity index (χ0) is 13.7. The highest BCUT2D eigenvalue weighted by molar-refractivity contribution is 14.1. The van der Waals surface area contributed by atoms with Crippen LogP contribution in [-0.4, -0.2) is 30.4 Å². The summed E-state index contributed by atoms with van der Waals surface area (Å²) in [6.07, 6.45) is 0. The van der Waals surface area contributed by atoms with Crippen molar-refractivity contribution >= 4 is 62.0 Å². The van der Waals surface area contributed by atoms with Crippen LogP contribution in [0.4, 0.5) is 0 Å². The first-order chi connectivity index (χ1) is 8.45. The normalized spacial score (nSPS) is 11.8. The van der Waals surface area contributed by atoms with Gasteiger partial charge >= 0.3 is 5.97 Å². The molecule has 0 aliphatic carbocycles. The average Bonchev–Trinajstić information content (AvgIpc) is 2.37. The highest BCUT2D eigenvalue weighted by atomic mass is 127. The predicted molar refractivity (Wildman–Crippen MR) is 81.2 cm³/mol. The molecule has 1 rings (SSSR count). The lowest BCUT2D eigenvalue weighted by molar-refractivity contribution is -0.139. The van der Waals surface area contributed by atoms with E-state index in [1.807, 2.05) is 22.6 Å². The van der Waals surface area contributed by atoms with Crippen LogP contribution in [0.5, 0.6) is 0 Å². The molecule has 18 heavy (non-hydrogen) atoms. The number of alkyl halides is 1. The van der Waals surface area contributed by atoms with Crippen molar-refractivity contribution in [1.82, 2.24) is 5.32 Å². The molecule has 1 aromatic rings. The van der Waals surface area contributed by atoms with Crippen LogP contribution in [0.15, 0.2) is 18.2 Å². The van der Waals surface area contributed by atoms with E-state index in [1.165, 1.54) is 7.11 Å². The predicted octanol–water partition coefficient (Wildman–Crippen LogP) is 2.61. The van der Waals surface area contributed by atoms with Crippen LogP contribution < -0.4 is 5.32 Å². The molecule has 0 heterocycles. The summed E-state index contributed by atoms with van der Waals surface area (Å²) in [6, 6.07) is 5.05. The van der Waals surface area contributed by atoms with E-state index >= 15 is 0 Å². The maximum atomic E-state index is 11.9. The molecule has 0 saturated carbocycles. The second-order valence-electron chi connectivity index (χ2n) is 3.32. The third-order valence-corrected chi connectivity index (χ3v) is 3.95. The van der Waals surface area contributed by atoms with Crippen molar-refractivity contribution in [3.05, 3.63) is 32.4 Å². The molecule has 1 N–H and O–H groups in total. The molecule has 4 nitrogen and oxygen atoms in total. The number of halogens is 3. The molecule has 0 aliphatic rings. The minimum absolute atomic E-state index is 0.147. The van der Waals surface area contributed by atoms with Crippen LogP contribution in [0, 0.1) is 3.57 Å². The summed E-state index contributed by atoms with van der Waals surface area (Å²) in [5.74, 6) is -0.716. The summed E-state index contributed by atoms with van der Waals surface area (Å²) < 4.78 is 5.32. The molecule has 0 radical (unpaired) electrons. The second kappa shape index (κ2) is 7.30. The van der Waals surface area contributed by atoms with Crippen molar-refractivity contribution in [2.45, 2.75) is 4.83 Å². The Morgan fingerprint density at radius 1 is 1.56 bits per heavy atom. The Hall–Kier alpha value is -0.340. The van der Waals surface area contributed by atoms with Gasteiger partial charge in [-0.1, -0.05) is 27.5 Å². The Balaban J connectivity index is 2.66. The number of methoxy groups -OCH3 is 1. The van der Waals surface area contributed by atoms with Crippen molar-refractivity contribution in [2.75, 3.05) is 13.7 Å². The van der Waals surface area contributed by atoms with Gasteiger partial charge in [-0.15, -0.1) is 0 Å². The molecule has 0 fully saturated rings. The zero-order valence-corrected chi connectivity index (χ0v) is 13.9. The quantitative estimate of drug-likeness (QED) is 0.440. The minimum Gasteiger partial charge on any atom is -0.468 e. The minimum atomic E-state index is -0.566. The third-order valence-electron chi connectivity index (χ3n) is 2.07. The van der Waals surface area contributed by atoms with E-state index < -0.39 is 10.8 Å². The van der Waals surface area contributed by atoms with E-state index in [-0.39, 0.29) is 12.5 Å². The summed E-state index contributed by atoms with van der Waals surface area (Å²) in [5.41, 5.74) is 0.479. The van der Waals surface area contributed by atoms with Crippen molar-refractivity contribution in [1.29, 1.82) is 0 Å². The van der Waals surface area contributed by atoms with Crippen molar-refractivity contribution in [3.63, 3.8) is 0 Å². The number of carbonyl (C=O) groups is 2. The van der Waals surface area contributed by atoms with Gasteiger partial charge in [0.2, 0.25) is 0 Å². The molecule has 0 bridgehead atoms. The Bertz CT molecular complexity index is 470. The fraction of sp³-hybridized carbons (Fsp3) is 0.273. The monoisotopic (exact) mass is 445 g/mol. The van der Waals surface area contributed by atoms with Gasteiger partial charge in [-0.25, -0.2) is 0 Å². The number of hydrogen-bond acceptors (Lipinski definition) is 3. The molecular weight excluding hydrogens is 436 g/mol. The Morgan fingerprint density at radius 2 is 2.22 bits per heavy atom. The molecule has 0 saturated heterocycles. The zero-order valence-electron chi connectivity index (χ0n) is 9.38. The van der Waals surface area contributed by atoms with Gasteiger partial charge in [0, 0.05) is 15.1 Å². The van der Waals surface area contributed by atoms with Gasteiger partial charge in [0.05, 0.1) is 12.7 Å². The SMILES string of the molecule is COC(=O)C(Br)CNC(=O)c1cc(Cl)ccc1I. The number of nitrogens with one attached hydrogen (secondary N) is 1. The lowest BCUT2D eigenvalue weighted by Crippen LogP contribution is -2.34. The summed E-state index contributed by atoms with van der Waals surface area (Å²) in [7, 11) is 1.29. The summed E-state index contributed by atoms with van der Waals surface area (Å²) in [5, 5.41) is 3.12. The molecule has 1 atom stereocenters. The van der Waals surface area contributed by atoms with E-state index in [0.717, 1.165) is 3.57 Å². The standard InChI is InChI=1S/C11H10BrClINO3/c1-18-11(17)8(12)5-15-10(16)7-4-6(13)2-3-9(7)14/h2-4,8H,5H2,1H3,(H,15,16). The molecule has 0 aliphatic heterocycles. The number of esters is 1. The third kappa shape index (κ3) is 4.40. The molecule has 1 unspecified atom stereocenters. The number of carbonyl (C=O) groups excluding carboxylic acids is 2. The molecule has 1 amide bonds. The molecule has 7 heteroatoms. The Kier molecular flexibility index (Phi) is 6.37. The van der Waals surface area contributed by atoms with Crippen molar-refractivity contribution in [3.8, 4) is 0 Å². The van der Waals surface area contributed by atoms with Gasteiger partial charge in [-0.2, -0.15) is 0 Å². The van der Waals surface area contributed by atoms with Crippen LogP contribution in [0.2, 0.25) is 5.02 Å². The Labute approximate surface area is 132 Å². The number of rotatable bonds is 4. The fourth-order valence-electron chi connectivity index (χ4n) is 1.16. The largest absolute Gasteiger partial charge is 0.468 e. The van der Waals surface area contributed by atoms with Crippen molar-refractivity contribution in [2.24, 2.45) is 0 Å². The first kappa shape index (κ1) is 15.7. The fourth-order valence-corrected chi connectivity index (χ4v) is 2.26. The van der Waals surface area contributed by atoms with E-state index in [1.54, 1.807) is 18.2 Å². The van der Waals surface area contributed by atoms with E-state index in [4.69, 9.17) is 11.6 Å². The summed E-state index contributed by atoms with van der Waals surface area (Å²) in [4.78, 5) is 22.5. The van der Waals surface area contributed by atoms with Gasteiger partial charge in [-0.3, -0.25) is 9.59 Å². The lowest BCUT2D eigenvalue weighted by Gasteiger charge is -2.10. The highest BCUT2D eigenvalue weighted by Gasteiger charge is 2.17. The first-order valence-corrected chi connectivity index (χ1v) is 7.28. The number of ether oxygens (including phenoxy) is 1. The van der Waals surface area contributed by atoms with Gasteiger partial charge in [-0.05, 0) is 40.8 Å². The van der Waals surface area contributed by atoms with Crippen LogP contribution in [0.25, 0.3) is 0 Å². The van der Waals surface area contributed by atoms with Gasteiger partial charge in [0.15, 0.2) is 0 Å². The van der Waals surface area contributed by atoms with Gasteiger partial charge in [0.25, 0.3) is 5.91 Å². The molecule has 1 aromatic carbocycles. The Morgan fingerprint density at radius 3 is 2.83 bits per heavy atom. The van der Waals surface area contributed by atoms with E-state index in [0.29, 0.717) is 10.6 Å². The average molecular weight is 446 g/mol. The molecular formula is C11H10BrClINO3. The van der Waals surface area contributed by atoms with Crippen LogP contribution in [0.1, 0.15) is 10.4 Å². The summed E-state index contributed by atoms with van der Waals surface area (Å²) in [6.45, 7) is 0.147.